The maximum Gasteiger partial charge on any atom is 0.0291 e. The van der Waals surface area contributed by atoms with Gasteiger partial charge in [0.25, 0.3) is 0 Å². The minimum Gasteiger partial charge on any atom is -0.126 e. The van der Waals surface area contributed by atoms with Gasteiger partial charge in [-0.05, 0) is 61.2 Å². The fourth-order valence-corrected chi connectivity index (χ4v) is 5.11. The lowest BCUT2D eigenvalue weighted by Crippen LogP contribution is -2.31. The van der Waals surface area contributed by atoms with Crippen LogP contribution in [0, 0.1) is 29.1 Å². The first-order valence-electron chi connectivity index (χ1n) is 7.20. The Hall–Kier alpha value is 0.580. The van der Waals surface area contributed by atoms with Gasteiger partial charge in [-0.2, -0.15) is 0 Å². The predicted molar refractivity (Wildman–Crippen MR) is 76.9 cm³/mol. The van der Waals surface area contributed by atoms with Crippen LogP contribution in [0.1, 0.15) is 52.4 Å². The summed E-state index contributed by atoms with van der Waals surface area (Å²) in [5.41, 5.74) is 0.201. The van der Waals surface area contributed by atoms with Crippen molar-refractivity contribution in [1.82, 2.24) is 0 Å². The summed E-state index contributed by atoms with van der Waals surface area (Å²) in [6.07, 6.45) is 8.37. The molecule has 2 aliphatic carbocycles. The third-order valence-corrected chi connectivity index (χ3v) is 6.12. The maximum absolute atomic E-state index is 6.26. The SMILES string of the molecule is CC(C)CC(CCl)(CCl)CC1CC2CCC1C2. The highest BCUT2D eigenvalue weighted by atomic mass is 35.5. The van der Waals surface area contributed by atoms with Crippen LogP contribution in [-0.2, 0) is 0 Å². The van der Waals surface area contributed by atoms with Gasteiger partial charge in [0.15, 0.2) is 0 Å². The third kappa shape index (κ3) is 3.13. The Labute approximate surface area is 116 Å². The zero-order valence-corrected chi connectivity index (χ0v) is 12.7. The highest BCUT2D eigenvalue weighted by Gasteiger charge is 2.43. The number of rotatable bonds is 6. The van der Waals surface area contributed by atoms with Crippen LogP contribution >= 0.6 is 23.2 Å². The molecule has 0 aromatic heterocycles. The van der Waals surface area contributed by atoms with Gasteiger partial charge in [-0.25, -0.2) is 0 Å². The van der Waals surface area contributed by atoms with Gasteiger partial charge in [-0.1, -0.05) is 20.3 Å². The molecule has 0 nitrogen and oxygen atoms in total. The second-order valence-corrected chi connectivity index (χ2v) is 7.54. The molecule has 0 aromatic carbocycles. The van der Waals surface area contributed by atoms with Gasteiger partial charge in [0.1, 0.15) is 0 Å². The summed E-state index contributed by atoms with van der Waals surface area (Å²) in [5.74, 6) is 5.13. The lowest BCUT2D eigenvalue weighted by atomic mass is 9.72. The topological polar surface area (TPSA) is 0 Å². The molecule has 0 saturated heterocycles. The highest BCUT2D eigenvalue weighted by molar-refractivity contribution is 6.21. The molecular formula is C15H26Cl2. The van der Waals surface area contributed by atoms with E-state index in [0.29, 0.717) is 5.92 Å². The number of halogens is 2. The van der Waals surface area contributed by atoms with Crippen molar-refractivity contribution < 1.29 is 0 Å². The van der Waals surface area contributed by atoms with Crippen molar-refractivity contribution in [3.05, 3.63) is 0 Å². The largest absolute Gasteiger partial charge is 0.126 e. The highest BCUT2D eigenvalue weighted by Crippen LogP contribution is 2.53. The van der Waals surface area contributed by atoms with Crippen LogP contribution in [0.3, 0.4) is 0 Å². The zero-order chi connectivity index (χ0) is 12.5. The van der Waals surface area contributed by atoms with E-state index in [1.54, 1.807) is 0 Å². The lowest BCUT2D eigenvalue weighted by Gasteiger charge is -2.36. The molecular weight excluding hydrogens is 251 g/mol. The average Bonchev–Trinajstić information content (AvgIpc) is 2.89. The molecule has 2 saturated carbocycles. The van der Waals surface area contributed by atoms with Gasteiger partial charge in [-0.15, -0.1) is 23.2 Å². The summed E-state index contributed by atoms with van der Waals surface area (Å²) in [7, 11) is 0. The van der Waals surface area contributed by atoms with Crippen molar-refractivity contribution in [3.63, 3.8) is 0 Å². The van der Waals surface area contributed by atoms with Crippen LogP contribution in [-0.4, -0.2) is 11.8 Å². The molecule has 0 aliphatic heterocycles. The van der Waals surface area contributed by atoms with Crippen molar-refractivity contribution >= 4 is 23.2 Å². The molecule has 2 aliphatic rings. The van der Waals surface area contributed by atoms with Crippen molar-refractivity contribution in [2.75, 3.05) is 11.8 Å². The lowest BCUT2D eigenvalue weighted by molar-refractivity contribution is 0.185. The Morgan fingerprint density at radius 2 is 1.82 bits per heavy atom. The van der Waals surface area contributed by atoms with E-state index in [1.165, 1.54) is 38.5 Å². The van der Waals surface area contributed by atoms with Crippen LogP contribution in [0.25, 0.3) is 0 Å². The first-order chi connectivity index (χ1) is 8.08. The van der Waals surface area contributed by atoms with Gasteiger partial charge in [0.2, 0.25) is 0 Å². The minimum absolute atomic E-state index is 0.201. The van der Waals surface area contributed by atoms with Gasteiger partial charge in [-0.3, -0.25) is 0 Å². The summed E-state index contributed by atoms with van der Waals surface area (Å²) in [4.78, 5) is 0. The van der Waals surface area contributed by atoms with Crippen molar-refractivity contribution in [1.29, 1.82) is 0 Å². The van der Waals surface area contributed by atoms with E-state index in [1.807, 2.05) is 0 Å². The normalized spacial score (nSPS) is 32.6. The maximum atomic E-state index is 6.26. The monoisotopic (exact) mass is 276 g/mol. The molecule has 0 aromatic rings. The first kappa shape index (κ1) is 14.0. The van der Waals surface area contributed by atoms with Crippen LogP contribution in [0.5, 0.6) is 0 Å². The Morgan fingerprint density at radius 1 is 1.12 bits per heavy atom. The van der Waals surface area contributed by atoms with Crippen LogP contribution in [0.2, 0.25) is 0 Å². The molecule has 2 heteroatoms. The first-order valence-corrected chi connectivity index (χ1v) is 8.27. The molecule has 2 fully saturated rings. The van der Waals surface area contributed by atoms with E-state index in [9.17, 15) is 0 Å². The second-order valence-electron chi connectivity index (χ2n) is 7.00. The van der Waals surface area contributed by atoms with E-state index in [4.69, 9.17) is 23.2 Å². The molecule has 3 atom stereocenters. The molecule has 0 radical (unpaired) electrons. The van der Waals surface area contributed by atoms with Crippen molar-refractivity contribution in [3.8, 4) is 0 Å². The summed E-state index contributed by atoms with van der Waals surface area (Å²) >= 11 is 12.5. The van der Waals surface area contributed by atoms with E-state index >= 15 is 0 Å². The molecule has 0 heterocycles. The van der Waals surface area contributed by atoms with Crippen LogP contribution in [0.4, 0.5) is 0 Å². The molecule has 17 heavy (non-hydrogen) atoms. The van der Waals surface area contributed by atoms with Gasteiger partial charge in [0, 0.05) is 11.8 Å². The Kier molecular flexibility index (Phi) is 4.69. The fourth-order valence-electron chi connectivity index (χ4n) is 4.39. The Bertz CT molecular complexity index is 245. The van der Waals surface area contributed by atoms with Crippen LogP contribution < -0.4 is 0 Å². The number of hydrogen-bond acceptors (Lipinski definition) is 0. The summed E-state index contributed by atoms with van der Waals surface area (Å²) < 4.78 is 0. The molecule has 2 rings (SSSR count). The van der Waals surface area contributed by atoms with Gasteiger partial charge in [0.05, 0.1) is 0 Å². The quantitative estimate of drug-likeness (QED) is 0.576. The fraction of sp³-hybridized carbons (Fsp3) is 1.00. The van der Waals surface area contributed by atoms with Crippen molar-refractivity contribution in [2.24, 2.45) is 29.1 Å². The van der Waals surface area contributed by atoms with Gasteiger partial charge >= 0.3 is 0 Å². The Balaban J connectivity index is 1.97. The van der Waals surface area contributed by atoms with Crippen molar-refractivity contribution in [2.45, 2.75) is 52.4 Å². The van der Waals surface area contributed by atoms with E-state index in [0.717, 1.165) is 29.5 Å². The minimum atomic E-state index is 0.201. The van der Waals surface area contributed by atoms with Gasteiger partial charge < -0.3 is 0 Å². The smallest absolute Gasteiger partial charge is 0.0291 e. The standard InChI is InChI=1S/C15H26Cl2/c1-11(2)7-15(9-16,10-17)8-14-6-12-3-4-13(14)5-12/h11-14H,3-10H2,1-2H3. The molecule has 0 spiro atoms. The summed E-state index contributed by atoms with van der Waals surface area (Å²) in [6, 6.07) is 0. The molecule has 0 amide bonds. The molecule has 0 N–H and O–H groups in total. The van der Waals surface area contributed by atoms with Crippen LogP contribution in [0.15, 0.2) is 0 Å². The number of hydrogen-bond donors (Lipinski definition) is 0. The summed E-state index contributed by atoms with van der Waals surface area (Å²) in [5, 5.41) is 0. The Morgan fingerprint density at radius 3 is 2.24 bits per heavy atom. The number of alkyl halides is 2. The summed E-state index contributed by atoms with van der Waals surface area (Å²) in [6.45, 7) is 4.57. The molecule has 2 bridgehead atoms. The number of fused-ring (bicyclic) bond motifs is 2. The van der Waals surface area contributed by atoms with E-state index < -0.39 is 0 Å². The van der Waals surface area contributed by atoms with E-state index in [2.05, 4.69) is 13.8 Å². The third-order valence-electron chi connectivity index (χ3n) is 4.99. The molecule has 100 valence electrons. The average molecular weight is 277 g/mol. The zero-order valence-electron chi connectivity index (χ0n) is 11.2. The predicted octanol–water partition coefficient (Wildman–Crippen LogP) is 5.32. The second kappa shape index (κ2) is 5.70. The molecule has 3 unspecified atom stereocenters. The van der Waals surface area contributed by atoms with E-state index in [-0.39, 0.29) is 5.41 Å².